The van der Waals surface area contributed by atoms with Gasteiger partial charge in [0.2, 0.25) is 5.91 Å². The van der Waals surface area contributed by atoms with Crippen molar-refractivity contribution in [1.29, 1.82) is 0 Å². The Morgan fingerprint density at radius 1 is 1.38 bits per heavy atom. The second-order valence-corrected chi connectivity index (χ2v) is 8.01. The van der Waals surface area contributed by atoms with Gasteiger partial charge in [0.15, 0.2) is 0 Å². The maximum atomic E-state index is 12.9. The molecule has 1 aliphatic rings. The van der Waals surface area contributed by atoms with Gasteiger partial charge in [-0.15, -0.1) is 0 Å². The van der Waals surface area contributed by atoms with Crippen molar-refractivity contribution in [3.63, 3.8) is 0 Å². The van der Waals surface area contributed by atoms with Crippen molar-refractivity contribution in [2.24, 2.45) is 0 Å². The maximum Gasteiger partial charge on any atom is 0.236 e. The first kappa shape index (κ1) is 17.3. The lowest BCUT2D eigenvalue weighted by Crippen LogP contribution is -2.46. The molecule has 24 heavy (non-hydrogen) atoms. The molecule has 0 N–H and O–H groups in total. The highest BCUT2D eigenvalue weighted by Gasteiger charge is 2.29. The van der Waals surface area contributed by atoms with Gasteiger partial charge in [-0.2, -0.15) is 0 Å². The van der Waals surface area contributed by atoms with Crippen LogP contribution in [0.2, 0.25) is 0 Å². The van der Waals surface area contributed by atoms with Gasteiger partial charge in [0, 0.05) is 18.0 Å². The molecule has 1 aromatic heterocycles. The summed E-state index contributed by atoms with van der Waals surface area (Å²) in [5.41, 5.74) is 2.22. The van der Waals surface area contributed by atoms with E-state index in [1.54, 1.807) is 11.8 Å². The van der Waals surface area contributed by atoms with Crippen molar-refractivity contribution >= 4 is 28.6 Å². The van der Waals surface area contributed by atoms with Gasteiger partial charge in [0.25, 0.3) is 0 Å². The molecule has 2 heterocycles. The van der Waals surface area contributed by atoms with E-state index < -0.39 is 0 Å². The fourth-order valence-electron chi connectivity index (χ4n) is 3.56. The van der Waals surface area contributed by atoms with Gasteiger partial charge in [-0.3, -0.25) is 4.79 Å². The molecule has 128 valence electrons. The van der Waals surface area contributed by atoms with Crippen LogP contribution in [0, 0.1) is 6.92 Å². The van der Waals surface area contributed by atoms with Crippen molar-refractivity contribution in [1.82, 2.24) is 9.88 Å². The summed E-state index contributed by atoms with van der Waals surface area (Å²) in [6.07, 6.45) is 4.58. The van der Waals surface area contributed by atoms with Gasteiger partial charge in [-0.25, -0.2) is 4.98 Å². The van der Waals surface area contributed by atoms with Crippen LogP contribution in [0.3, 0.4) is 0 Å². The lowest BCUT2D eigenvalue weighted by Gasteiger charge is -2.36. The monoisotopic (exact) mass is 342 g/mol. The summed E-state index contributed by atoms with van der Waals surface area (Å²) < 4.78 is 0. The van der Waals surface area contributed by atoms with Gasteiger partial charge in [-0.05, 0) is 57.2 Å². The van der Waals surface area contributed by atoms with E-state index in [9.17, 15) is 4.79 Å². The minimum atomic E-state index is -0.0924. The molecule has 2 aromatic rings. The average Bonchev–Trinajstić information content (AvgIpc) is 2.61. The largest absolute Gasteiger partial charge is 0.339 e. The van der Waals surface area contributed by atoms with Gasteiger partial charge >= 0.3 is 0 Å². The average molecular weight is 343 g/mol. The quantitative estimate of drug-likeness (QED) is 0.747. The number of fused-ring (bicyclic) bond motifs is 1. The Morgan fingerprint density at radius 2 is 2.17 bits per heavy atom. The maximum absolute atomic E-state index is 12.9. The number of carbonyl (C=O) groups excluding carboxylic acids is 1. The van der Waals surface area contributed by atoms with Crippen molar-refractivity contribution in [3.8, 4) is 0 Å². The lowest BCUT2D eigenvalue weighted by molar-refractivity contribution is -0.134. The highest BCUT2D eigenvalue weighted by atomic mass is 32.2. The molecule has 0 spiro atoms. The number of hydrogen-bond donors (Lipinski definition) is 0. The number of piperidine rings is 1. The summed E-state index contributed by atoms with van der Waals surface area (Å²) in [7, 11) is 0. The van der Waals surface area contributed by atoms with Crippen LogP contribution in [0.4, 0.5) is 0 Å². The third-order valence-electron chi connectivity index (χ3n) is 4.93. The van der Waals surface area contributed by atoms with Crippen LogP contribution in [0.25, 0.3) is 10.9 Å². The van der Waals surface area contributed by atoms with Crippen molar-refractivity contribution in [2.75, 3.05) is 6.54 Å². The molecule has 0 radical (unpaired) electrons. The summed E-state index contributed by atoms with van der Waals surface area (Å²) >= 11 is 1.58. The molecule has 0 saturated carbocycles. The highest BCUT2D eigenvalue weighted by Crippen LogP contribution is 2.29. The standard InChI is InChI=1S/C20H26N2OS/c1-4-16-9-7-8-12-22(16)20(23)15(3)24-19-13-14(2)17-10-5-6-11-18(17)21-19/h5-6,10-11,13,15-16H,4,7-9,12H2,1-3H3. The van der Waals surface area contributed by atoms with E-state index in [-0.39, 0.29) is 11.2 Å². The van der Waals surface area contributed by atoms with Crippen LogP contribution in [0.5, 0.6) is 0 Å². The number of amides is 1. The SMILES string of the molecule is CCC1CCCCN1C(=O)C(C)Sc1cc(C)c2ccccc2n1. The van der Waals surface area contributed by atoms with Crippen molar-refractivity contribution in [3.05, 3.63) is 35.9 Å². The van der Waals surface area contributed by atoms with Crippen LogP contribution in [0.1, 0.15) is 45.1 Å². The molecule has 1 amide bonds. The molecular weight excluding hydrogens is 316 g/mol. The number of hydrogen-bond acceptors (Lipinski definition) is 3. The molecule has 1 aromatic carbocycles. The molecule has 3 nitrogen and oxygen atoms in total. The number of rotatable bonds is 4. The molecule has 1 aliphatic heterocycles. The Balaban J connectivity index is 1.76. The number of carbonyl (C=O) groups is 1. The Kier molecular flexibility index (Phi) is 5.44. The zero-order chi connectivity index (χ0) is 17.1. The Labute approximate surface area is 148 Å². The summed E-state index contributed by atoms with van der Waals surface area (Å²) in [4.78, 5) is 19.7. The van der Waals surface area contributed by atoms with E-state index in [2.05, 4.69) is 30.9 Å². The lowest BCUT2D eigenvalue weighted by atomic mass is 10.00. The Bertz CT molecular complexity index is 731. The summed E-state index contributed by atoms with van der Waals surface area (Å²) in [6, 6.07) is 10.7. The predicted molar refractivity (Wildman–Crippen MR) is 101 cm³/mol. The summed E-state index contributed by atoms with van der Waals surface area (Å²) in [5.74, 6) is 0.263. The molecule has 2 unspecified atom stereocenters. The number of para-hydroxylation sites is 1. The summed E-state index contributed by atoms with van der Waals surface area (Å²) in [6.45, 7) is 7.22. The van der Waals surface area contributed by atoms with E-state index in [1.165, 1.54) is 17.4 Å². The van der Waals surface area contributed by atoms with E-state index in [0.29, 0.717) is 6.04 Å². The van der Waals surface area contributed by atoms with Crippen LogP contribution >= 0.6 is 11.8 Å². The number of pyridine rings is 1. The number of likely N-dealkylation sites (tertiary alicyclic amines) is 1. The van der Waals surface area contributed by atoms with Crippen LogP contribution < -0.4 is 0 Å². The van der Waals surface area contributed by atoms with Gasteiger partial charge in [-0.1, -0.05) is 36.9 Å². The van der Waals surface area contributed by atoms with Crippen LogP contribution in [-0.4, -0.2) is 33.6 Å². The minimum absolute atomic E-state index is 0.0924. The molecule has 1 fully saturated rings. The van der Waals surface area contributed by atoms with E-state index in [4.69, 9.17) is 4.98 Å². The third kappa shape index (κ3) is 3.59. The van der Waals surface area contributed by atoms with E-state index in [1.807, 2.05) is 25.1 Å². The molecule has 2 atom stereocenters. The fraction of sp³-hybridized carbons (Fsp3) is 0.500. The normalized spacial score (nSPS) is 19.5. The van der Waals surface area contributed by atoms with Crippen molar-refractivity contribution in [2.45, 2.75) is 62.8 Å². The fourth-order valence-corrected chi connectivity index (χ4v) is 4.55. The first-order valence-electron chi connectivity index (χ1n) is 8.93. The molecular formula is C20H26N2OS. The zero-order valence-corrected chi connectivity index (χ0v) is 15.6. The number of nitrogens with zero attached hydrogens (tertiary/aromatic N) is 2. The Morgan fingerprint density at radius 3 is 2.96 bits per heavy atom. The number of thioether (sulfide) groups is 1. The van der Waals surface area contributed by atoms with Gasteiger partial charge in [0.1, 0.15) is 0 Å². The Hall–Kier alpha value is -1.55. The number of aryl methyl sites for hydroxylation is 1. The highest BCUT2D eigenvalue weighted by molar-refractivity contribution is 8.00. The second kappa shape index (κ2) is 7.56. The molecule has 0 aliphatic carbocycles. The number of benzene rings is 1. The topological polar surface area (TPSA) is 33.2 Å². The van der Waals surface area contributed by atoms with Crippen LogP contribution in [-0.2, 0) is 4.79 Å². The second-order valence-electron chi connectivity index (χ2n) is 6.64. The van der Waals surface area contributed by atoms with E-state index in [0.717, 1.165) is 36.3 Å². The van der Waals surface area contributed by atoms with Gasteiger partial charge in [0.05, 0.1) is 15.8 Å². The molecule has 3 rings (SSSR count). The van der Waals surface area contributed by atoms with E-state index >= 15 is 0 Å². The minimum Gasteiger partial charge on any atom is -0.339 e. The predicted octanol–water partition coefficient (Wildman–Crippen LogP) is 4.81. The van der Waals surface area contributed by atoms with Crippen molar-refractivity contribution < 1.29 is 4.79 Å². The first-order chi connectivity index (χ1) is 11.6. The summed E-state index contributed by atoms with van der Waals surface area (Å²) in [5, 5.41) is 2.03. The van der Waals surface area contributed by atoms with Crippen LogP contribution in [0.15, 0.2) is 35.4 Å². The molecule has 0 bridgehead atoms. The zero-order valence-electron chi connectivity index (χ0n) is 14.8. The third-order valence-corrected chi connectivity index (χ3v) is 5.93. The van der Waals surface area contributed by atoms with Gasteiger partial charge < -0.3 is 4.90 Å². The number of aromatic nitrogens is 1. The first-order valence-corrected chi connectivity index (χ1v) is 9.81. The smallest absolute Gasteiger partial charge is 0.236 e. The molecule has 4 heteroatoms. The molecule has 1 saturated heterocycles.